The third kappa shape index (κ3) is 2.94. The zero-order valence-corrected chi connectivity index (χ0v) is 11.8. The van der Waals surface area contributed by atoms with E-state index in [1.807, 2.05) is 39.0 Å². The minimum absolute atomic E-state index is 0.596. The molecule has 0 radical (unpaired) electrons. The van der Waals surface area contributed by atoms with E-state index in [1.165, 1.54) is 0 Å². The Morgan fingerprint density at radius 3 is 2.42 bits per heavy atom. The predicted octanol–water partition coefficient (Wildman–Crippen LogP) is 3.08. The Labute approximate surface area is 117 Å². The Bertz CT molecular complexity index is 612. The van der Waals surface area contributed by atoms with Gasteiger partial charge in [-0.15, -0.1) is 0 Å². The minimum atomic E-state index is 0.596. The fourth-order valence-corrected chi connectivity index (χ4v) is 2.02. The molecule has 0 aliphatic carbocycles. The Morgan fingerprint density at radius 1 is 1.11 bits per heavy atom. The molecule has 0 bridgehead atoms. The lowest BCUT2D eigenvalue weighted by Gasteiger charge is -2.13. The van der Waals surface area contributed by atoms with Gasteiger partial charge < -0.3 is 10.7 Å². The van der Waals surface area contributed by atoms with E-state index in [2.05, 4.69) is 20.7 Å². The Morgan fingerprint density at radius 2 is 1.79 bits per heavy atom. The van der Waals surface area contributed by atoms with E-state index in [0.29, 0.717) is 22.5 Å². The highest BCUT2D eigenvalue weighted by molar-refractivity contribution is 6.33. The van der Waals surface area contributed by atoms with Gasteiger partial charge in [-0.3, -0.25) is 0 Å². The summed E-state index contributed by atoms with van der Waals surface area (Å²) in [7, 11) is 0. The SMILES string of the molecule is Cc1ccc(Nc2nc(C)nc(NN)c2C)c(Cl)c1. The number of hydrogen-bond acceptors (Lipinski definition) is 5. The number of anilines is 3. The highest BCUT2D eigenvalue weighted by atomic mass is 35.5. The first-order chi connectivity index (χ1) is 9.01. The van der Waals surface area contributed by atoms with E-state index in [9.17, 15) is 0 Å². The molecule has 1 aromatic carbocycles. The van der Waals surface area contributed by atoms with Crippen molar-refractivity contribution in [1.29, 1.82) is 0 Å². The molecular formula is C13H16ClN5. The molecule has 19 heavy (non-hydrogen) atoms. The van der Waals surface area contributed by atoms with Crippen LogP contribution in [-0.4, -0.2) is 9.97 Å². The Kier molecular flexibility index (Phi) is 3.87. The Hall–Kier alpha value is -1.85. The zero-order chi connectivity index (χ0) is 14.0. The van der Waals surface area contributed by atoms with Crippen LogP contribution in [0, 0.1) is 20.8 Å². The summed E-state index contributed by atoms with van der Waals surface area (Å²) in [5.41, 5.74) is 5.31. The van der Waals surface area contributed by atoms with E-state index in [1.54, 1.807) is 0 Å². The number of nitrogens with zero attached hydrogens (tertiary/aromatic N) is 2. The van der Waals surface area contributed by atoms with Crippen molar-refractivity contribution in [2.45, 2.75) is 20.8 Å². The molecule has 0 atom stereocenters. The maximum absolute atomic E-state index is 6.20. The van der Waals surface area contributed by atoms with E-state index < -0.39 is 0 Å². The fraction of sp³-hybridized carbons (Fsp3) is 0.231. The quantitative estimate of drug-likeness (QED) is 0.594. The lowest BCUT2D eigenvalue weighted by atomic mass is 10.2. The molecule has 100 valence electrons. The number of nitrogens with two attached hydrogens (primary N) is 1. The van der Waals surface area contributed by atoms with Crippen molar-refractivity contribution in [1.82, 2.24) is 9.97 Å². The van der Waals surface area contributed by atoms with E-state index in [4.69, 9.17) is 17.4 Å². The Balaban J connectivity index is 2.40. The first-order valence-electron chi connectivity index (χ1n) is 5.86. The topological polar surface area (TPSA) is 75.9 Å². The molecule has 0 fully saturated rings. The van der Waals surface area contributed by atoms with Crippen LogP contribution >= 0.6 is 11.6 Å². The fourth-order valence-electron chi connectivity index (χ4n) is 1.74. The van der Waals surface area contributed by atoms with Crippen LogP contribution in [0.2, 0.25) is 5.02 Å². The summed E-state index contributed by atoms with van der Waals surface area (Å²) in [6, 6.07) is 5.80. The number of hydrogen-bond donors (Lipinski definition) is 3. The molecule has 4 N–H and O–H groups in total. The molecule has 0 saturated heterocycles. The summed E-state index contributed by atoms with van der Waals surface area (Å²) in [6.07, 6.45) is 0. The lowest BCUT2D eigenvalue weighted by molar-refractivity contribution is 1.03. The first-order valence-corrected chi connectivity index (χ1v) is 6.24. The van der Waals surface area contributed by atoms with Crippen LogP contribution < -0.4 is 16.6 Å². The maximum Gasteiger partial charge on any atom is 0.148 e. The van der Waals surface area contributed by atoms with Crippen molar-refractivity contribution < 1.29 is 0 Å². The molecule has 6 heteroatoms. The summed E-state index contributed by atoms with van der Waals surface area (Å²) in [4.78, 5) is 8.57. The van der Waals surface area contributed by atoms with Crippen LogP contribution in [0.1, 0.15) is 17.0 Å². The maximum atomic E-state index is 6.20. The zero-order valence-electron chi connectivity index (χ0n) is 11.1. The van der Waals surface area contributed by atoms with Crippen LogP contribution in [0.3, 0.4) is 0 Å². The second-order valence-corrected chi connectivity index (χ2v) is 4.75. The molecular weight excluding hydrogens is 262 g/mol. The van der Waals surface area contributed by atoms with Crippen LogP contribution in [0.15, 0.2) is 18.2 Å². The summed E-state index contributed by atoms with van der Waals surface area (Å²) >= 11 is 6.20. The van der Waals surface area contributed by atoms with Crippen molar-refractivity contribution in [2.24, 2.45) is 5.84 Å². The molecule has 0 spiro atoms. The van der Waals surface area contributed by atoms with Gasteiger partial charge >= 0.3 is 0 Å². The monoisotopic (exact) mass is 277 g/mol. The van der Waals surface area contributed by atoms with Gasteiger partial charge in [-0.25, -0.2) is 15.8 Å². The van der Waals surface area contributed by atoms with Gasteiger partial charge in [-0.05, 0) is 38.5 Å². The van der Waals surface area contributed by atoms with Crippen LogP contribution in [0.25, 0.3) is 0 Å². The third-order valence-corrected chi connectivity index (χ3v) is 3.08. The summed E-state index contributed by atoms with van der Waals surface area (Å²) in [5.74, 6) is 7.35. The number of nitrogen functional groups attached to an aromatic ring is 1. The predicted molar refractivity (Wildman–Crippen MR) is 78.8 cm³/mol. The van der Waals surface area contributed by atoms with Gasteiger partial charge in [0.2, 0.25) is 0 Å². The molecule has 5 nitrogen and oxygen atoms in total. The first kappa shape index (κ1) is 13.6. The van der Waals surface area contributed by atoms with Gasteiger partial charge in [0.1, 0.15) is 17.5 Å². The number of nitrogens with one attached hydrogen (secondary N) is 2. The number of benzene rings is 1. The van der Waals surface area contributed by atoms with Crippen LogP contribution in [0.4, 0.5) is 17.3 Å². The van der Waals surface area contributed by atoms with Crippen molar-refractivity contribution in [3.63, 3.8) is 0 Å². The molecule has 0 aliphatic heterocycles. The van der Waals surface area contributed by atoms with Gasteiger partial charge in [0.05, 0.1) is 10.7 Å². The summed E-state index contributed by atoms with van der Waals surface area (Å²) in [6.45, 7) is 5.69. The average molecular weight is 278 g/mol. The third-order valence-electron chi connectivity index (χ3n) is 2.77. The van der Waals surface area contributed by atoms with Crippen molar-refractivity contribution in [3.05, 3.63) is 40.2 Å². The largest absolute Gasteiger partial charge is 0.339 e. The molecule has 0 unspecified atom stereocenters. The molecule has 0 aliphatic rings. The number of rotatable bonds is 3. The second kappa shape index (κ2) is 5.42. The molecule has 2 rings (SSSR count). The normalized spacial score (nSPS) is 10.4. The second-order valence-electron chi connectivity index (χ2n) is 4.35. The van der Waals surface area contributed by atoms with Crippen LogP contribution in [0.5, 0.6) is 0 Å². The number of halogens is 1. The van der Waals surface area contributed by atoms with Gasteiger partial charge in [-0.1, -0.05) is 17.7 Å². The van der Waals surface area contributed by atoms with Gasteiger partial charge in [0.25, 0.3) is 0 Å². The van der Waals surface area contributed by atoms with Crippen LogP contribution in [-0.2, 0) is 0 Å². The lowest BCUT2D eigenvalue weighted by Crippen LogP contribution is -2.13. The molecule has 0 saturated carbocycles. The number of aryl methyl sites for hydroxylation is 2. The van der Waals surface area contributed by atoms with Gasteiger partial charge in [0.15, 0.2) is 0 Å². The molecule has 2 aromatic rings. The minimum Gasteiger partial charge on any atom is -0.339 e. The smallest absolute Gasteiger partial charge is 0.148 e. The van der Waals surface area contributed by atoms with Crippen molar-refractivity contribution >= 4 is 28.9 Å². The van der Waals surface area contributed by atoms with Gasteiger partial charge in [-0.2, -0.15) is 0 Å². The highest BCUT2D eigenvalue weighted by Gasteiger charge is 2.10. The van der Waals surface area contributed by atoms with E-state index >= 15 is 0 Å². The van der Waals surface area contributed by atoms with E-state index in [0.717, 1.165) is 16.8 Å². The average Bonchev–Trinajstić information content (AvgIpc) is 2.36. The summed E-state index contributed by atoms with van der Waals surface area (Å²) < 4.78 is 0. The standard InChI is InChI=1S/C13H16ClN5/c1-7-4-5-11(10(14)6-7)18-12-8(2)13(19-15)17-9(3)16-12/h4-6H,15H2,1-3H3,(H2,16,17,18,19). The van der Waals surface area contributed by atoms with E-state index in [-0.39, 0.29) is 0 Å². The molecule has 1 heterocycles. The van der Waals surface area contributed by atoms with Crippen molar-refractivity contribution in [3.8, 4) is 0 Å². The van der Waals surface area contributed by atoms with Crippen molar-refractivity contribution in [2.75, 3.05) is 10.7 Å². The summed E-state index contributed by atoms with van der Waals surface area (Å²) in [5, 5.41) is 3.86. The number of aromatic nitrogens is 2. The van der Waals surface area contributed by atoms with Gasteiger partial charge in [0, 0.05) is 5.56 Å². The molecule has 1 aromatic heterocycles. The highest BCUT2D eigenvalue weighted by Crippen LogP contribution is 2.28. The molecule has 0 amide bonds. The number of hydrazine groups is 1.